The molecule has 0 heterocycles. The van der Waals surface area contributed by atoms with Crippen molar-refractivity contribution in [1.82, 2.24) is 10.2 Å². The summed E-state index contributed by atoms with van der Waals surface area (Å²) in [5, 5.41) is 2.97. The van der Waals surface area contributed by atoms with Crippen molar-refractivity contribution in [2.24, 2.45) is 0 Å². The molecule has 1 atom stereocenters. The SMILES string of the molecule is CCc1ccccc1N(CC(=O)N(Cc1cccc(C)c1)[C@H](CC)C(=O)NC(C)(C)C)S(C)(=O)=O. The number of para-hydroxylation sites is 1. The summed E-state index contributed by atoms with van der Waals surface area (Å²) in [5.74, 6) is -0.695. The van der Waals surface area contributed by atoms with Crippen LogP contribution in [0.5, 0.6) is 0 Å². The molecule has 2 aromatic rings. The summed E-state index contributed by atoms with van der Waals surface area (Å²) in [5.41, 5.74) is 2.75. The summed E-state index contributed by atoms with van der Waals surface area (Å²) in [6.07, 6.45) is 2.11. The molecule has 0 spiro atoms. The summed E-state index contributed by atoms with van der Waals surface area (Å²) in [6.45, 7) is 11.2. The predicted octanol–water partition coefficient (Wildman–Crippen LogP) is 4.05. The molecule has 0 fully saturated rings. The standard InChI is InChI=1S/C27H39N3O4S/c1-8-22-15-10-11-16-24(22)30(35(7,33)34)19-25(31)29(18-21-14-12-13-20(3)17-21)23(9-2)26(32)28-27(4,5)6/h10-17,23H,8-9,18-19H2,1-7H3,(H,28,32)/t23-/m1/s1. The zero-order valence-electron chi connectivity index (χ0n) is 22.0. The van der Waals surface area contributed by atoms with E-state index in [1.165, 1.54) is 4.90 Å². The minimum Gasteiger partial charge on any atom is -0.350 e. The maximum absolute atomic E-state index is 13.8. The van der Waals surface area contributed by atoms with Crippen LogP contribution in [0.2, 0.25) is 0 Å². The van der Waals surface area contributed by atoms with Crippen molar-refractivity contribution in [2.75, 3.05) is 17.1 Å². The molecule has 0 saturated carbocycles. The highest BCUT2D eigenvalue weighted by Crippen LogP contribution is 2.24. The lowest BCUT2D eigenvalue weighted by Gasteiger charge is -2.34. The van der Waals surface area contributed by atoms with Gasteiger partial charge in [-0.25, -0.2) is 8.42 Å². The van der Waals surface area contributed by atoms with Crippen molar-refractivity contribution in [1.29, 1.82) is 0 Å². The van der Waals surface area contributed by atoms with Gasteiger partial charge in [0, 0.05) is 12.1 Å². The van der Waals surface area contributed by atoms with E-state index >= 15 is 0 Å². The van der Waals surface area contributed by atoms with Crippen LogP contribution in [-0.2, 0) is 32.6 Å². The normalized spacial score (nSPS) is 12.7. The van der Waals surface area contributed by atoms with Crippen LogP contribution in [0, 0.1) is 6.92 Å². The average molecular weight is 502 g/mol. The number of hydrogen-bond acceptors (Lipinski definition) is 4. The molecule has 0 bridgehead atoms. The minimum absolute atomic E-state index is 0.198. The molecule has 8 heteroatoms. The quantitative estimate of drug-likeness (QED) is 0.532. The molecule has 0 unspecified atom stereocenters. The number of nitrogens with zero attached hydrogens (tertiary/aromatic N) is 2. The molecule has 192 valence electrons. The largest absolute Gasteiger partial charge is 0.350 e. The number of nitrogens with one attached hydrogen (secondary N) is 1. The third-order valence-corrected chi connectivity index (χ3v) is 6.77. The van der Waals surface area contributed by atoms with E-state index in [1.807, 2.05) is 77.9 Å². The first-order valence-electron chi connectivity index (χ1n) is 12.0. The fraction of sp³-hybridized carbons (Fsp3) is 0.481. The fourth-order valence-corrected chi connectivity index (χ4v) is 4.91. The Morgan fingerprint density at radius 3 is 2.23 bits per heavy atom. The molecule has 1 N–H and O–H groups in total. The molecule has 2 amide bonds. The highest BCUT2D eigenvalue weighted by molar-refractivity contribution is 7.92. The minimum atomic E-state index is -3.75. The molecule has 0 radical (unpaired) electrons. The molecule has 0 aliphatic carbocycles. The molecular formula is C27H39N3O4S. The number of amides is 2. The van der Waals surface area contributed by atoms with Crippen LogP contribution < -0.4 is 9.62 Å². The van der Waals surface area contributed by atoms with Gasteiger partial charge in [0.2, 0.25) is 21.8 Å². The number of carbonyl (C=O) groups excluding carboxylic acids is 2. The van der Waals surface area contributed by atoms with Crippen molar-refractivity contribution in [3.8, 4) is 0 Å². The van der Waals surface area contributed by atoms with E-state index in [9.17, 15) is 18.0 Å². The Balaban J connectivity index is 2.50. The lowest BCUT2D eigenvalue weighted by molar-refractivity contribution is -0.141. The number of hydrogen-bond donors (Lipinski definition) is 1. The summed E-state index contributed by atoms with van der Waals surface area (Å²) < 4.78 is 26.7. The number of benzene rings is 2. The van der Waals surface area contributed by atoms with Crippen molar-refractivity contribution in [3.63, 3.8) is 0 Å². The number of sulfonamides is 1. The van der Waals surface area contributed by atoms with Crippen LogP contribution in [-0.4, -0.2) is 49.5 Å². The Morgan fingerprint density at radius 1 is 1.03 bits per heavy atom. The number of carbonyl (C=O) groups is 2. The molecule has 7 nitrogen and oxygen atoms in total. The Labute approximate surface area is 210 Å². The molecule has 0 aliphatic heterocycles. The van der Waals surface area contributed by atoms with Crippen molar-refractivity contribution in [2.45, 2.75) is 72.5 Å². The van der Waals surface area contributed by atoms with Crippen molar-refractivity contribution < 1.29 is 18.0 Å². The fourth-order valence-electron chi connectivity index (χ4n) is 4.03. The smallest absolute Gasteiger partial charge is 0.244 e. The average Bonchev–Trinajstić information content (AvgIpc) is 2.75. The van der Waals surface area contributed by atoms with E-state index in [4.69, 9.17) is 0 Å². The van der Waals surface area contributed by atoms with Gasteiger partial charge in [-0.1, -0.05) is 61.9 Å². The second-order valence-electron chi connectivity index (χ2n) is 9.93. The first kappa shape index (κ1) is 28.4. The molecule has 0 aliphatic rings. The number of anilines is 1. The van der Waals surface area contributed by atoms with Gasteiger partial charge in [0.15, 0.2) is 0 Å². The van der Waals surface area contributed by atoms with Gasteiger partial charge < -0.3 is 10.2 Å². The van der Waals surface area contributed by atoms with Crippen molar-refractivity contribution in [3.05, 3.63) is 65.2 Å². The van der Waals surface area contributed by atoms with E-state index in [-0.39, 0.29) is 19.0 Å². The van der Waals surface area contributed by atoms with Gasteiger partial charge in [-0.2, -0.15) is 0 Å². The molecule has 2 aromatic carbocycles. The summed E-state index contributed by atoms with van der Waals surface area (Å²) in [7, 11) is -3.75. The van der Waals surface area contributed by atoms with Gasteiger partial charge in [-0.15, -0.1) is 0 Å². The van der Waals surface area contributed by atoms with Gasteiger partial charge in [-0.05, 0) is 57.7 Å². The zero-order chi connectivity index (χ0) is 26.4. The van der Waals surface area contributed by atoms with E-state index in [0.717, 1.165) is 27.3 Å². The summed E-state index contributed by atoms with van der Waals surface area (Å²) in [6, 6.07) is 14.2. The molecule has 0 saturated heterocycles. The van der Waals surface area contributed by atoms with E-state index in [1.54, 1.807) is 12.1 Å². The Bertz CT molecular complexity index is 1140. The van der Waals surface area contributed by atoms with Gasteiger partial charge in [-0.3, -0.25) is 13.9 Å². The van der Waals surface area contributed by atoms with E-state index < -0.39 is 27.5 Å². The third-order valence-electron chi connectivity index (χ3n) is 5.64. The highest BCUT2D eigenvalue weighted by atomic mass is 32.2. The van der Waals surface area contributed by atoms with Crippen LogP contribution in [0.15, 0.2) is 48.5 Å². The first-order valence-corrected chi connectivity index (χ1v) is 13.8. The lowest BCUT2D eigenvalue weighted by atomic mass is 10.0. The number of rotatable bonds is 10. The Kier molecular flexibility index (Phi) is 9.49. The molecule has 2 rings (SSSR count). The molecule has 0 aromatic heterocycles. The number of aryl methyl sites for hydroxylation is 2. The van der Waals surface area contributed by atoms with Crippen LogP contribution in [0.1, 0.15) is 57.7 Å². The van der Waals surface area contributed by atoms with Crippen LogP contribution in [0.4, 0.5) is 5.69 Å². The van der Waals surface area contributed by atoms with E-state index in [0.29, 0.717) is 18.5 Å². The van der Waals surface area contributed by atoms with Crippen molar-refractivity contribution >= 4 is 27.5 Å². The topological polar surface area (TPSA) is 86.8 Å². The van der Waals surface area contributed by atoms with E-state index in [2.05, 4.69) is 5.32 Å². The molecular weight excluding hydrogens is 462 g/mol. The second kappa shape index (κ2) is 11.7. The first-order chi connectivity index (χ1) is 16.3. The lowest BCUT2D eigenvalue weighted by Crippen LogP contribution is -2.55. The van der Waals surface area contributed by atoms with Gasteiger partial charge >= 0.3 is 0 Å². The monoisotopic (exact) mass is 501 g/mol. The predicted molar refractivity (Wildman–Crippen MR) is 142 cm³/mol. The molecule has 35 heavy (non-hydrogen) atoms. The highest BCUT2D eigenvalue weighted by Gasteiger charge is 2.33. The van der Waals surface area contributed by atoms with Crippen LogP contribution >= 0.6 is 0 Å². The Hall–Kier alpha value is -2.87. The second-order valence-corrected chi connectivity index (χ2v) is 11.8. The van der Waals surface area contributed by atoms with Crippen LogP contribution in [0.3, 0.4) is 0 Å². The zero-order valence-corrected chi connectivity index (χ0v) is 22.8. The van der Waals surface area contributed by atoms with Gasteiger partial charge in [0.25, 0.3) is 0 Å². The maximum atomic E-state index is 13.8. The summed E-state index contributed by atoms with van der Waals surface area (Å²) in [4.78, 5) is 28.5. The third kappa shape index (κ3) is 8.09. The Morgan fingerprint density at radius 2 is 1.69 bits per heavy atom. The van der Waals surface area contributed by atoms with Gasteiger partial charge in [0.05, 0.1) is 11.9 Å². The van der Waals surface area contributed by atoms with Crippen LogP contribution in [0.25, 0.3) is 0 Å². The summed E-state index contributed by atoms with van der Waals surface area (Å²) >= 11 is 0. The maximum Gasteiger partial charge on any atom is 0.244 e. The van der Waals surface area contributed by atoms with Gasteiger partial charge in [0.1, 0.15) is 12.6 Å².